The van der Waals surface area contributed by atoms with Gasteiger partial charge in [0.15, 0.2) is 0 Å². The summed E-state index contributed by atoms with van der Waals surface area (Å²) in [6.07, 6.45) is 3.16. The number of carbonyl (C=O) groups excluding carboxylic acids is 1. The molecule has 1 aromatic heterocycles. The maximum atomic E-state index is 13.4. The van der Waals surface area contributed by atoms with Gasteiger partial charge in [-0.3, -0.25) is 0 Å². The van der Waals surface area contributed by atoms with Crippen molar-refractivity contribution in [1.29, 1.82) is 0 Å². The summed E-state index contributed by atoms with van der Waals surface area (Å²) in [6.45, 7) is 1.26. The normalized spacial score (nSPS) is 13.6. The first kappa shape index (κ1) is 16.9. The number of rotatable bonds is 5. The Hall–Kier alpha value is -1.92. The van der Waals surface area contributed by atoms with Crippen molar-refractivity contribution in [2.24, 2.45) is 0 Å². The van der Waals surface area contributed by atoms with E-state index in [1.54, 1.807) is 24.4 Å². The van der Waals surface area contributed by atoms with Crippen LogP contribution in [0.4, 0.5) is 4.39 Å². The molecule has 4 nitrogen and oxygen atoms in total. The van der Waals surface area contributed by atoms with Crippen LogP contribution in [0.5, 0.6) is 0 Å². The highest BCUT2D eigenvalue weighted by Crippen LogP contribution is 2.22. The highest BCUT2D eigenvalue weighted by atomic mass is 79.9. The van der Waals surface area contributed by atoms with E-state index in [0.29, 0.717) is 22.7 Å². The molecule has 0 atom stereocenters. The van der Waals surface area contributed by atoms with Crippen molar-refractivity contribution in [3.05, 3.63) is 74.9 Å². The Labute approximate surface area is 152 Å². The van der Waals surface area contributed by atoms with Gasteiger partial charge >= 0.3 is 5.97 Å². The number of cyclic esters (lactones) is 1. The lowest BCUT2D eigenvalue weighted by atomic mass is 10.1. The van der Waals surface area contributed by atoms with Crippen LogP contribution >= 0.6 is 27.5 Å². The van der Waals surface area contributed by atoms with Crippen LogP contribution in [0.15, 0.2) is 52.8 Å². The Kier molecular flexibility index (Phi) is 5.16. The first-order chi connectivity index (χ1) is 11.5. The van der Waals surface area contributed by atoms with Gasteiger partial charge in [-0.25, -0.2) is 14.2 Å². The standard InChI is InChI=1S/C17H13BrClFN2O2/c18-14-5-11(1-3-15(14)20)8-22(13-6-17(23)24-10-13)9-12-2-4-16(19)21-7-12/h1-7H,8-10H2. The fraction of sp³-hybridized carbons (Fsp3) is 0.176. The molecule has 124 valence electrons. The zero-order valence-corrected chi connectivity index (χ0v) is 14.8. The zero-order chi connectivity index (χ0) is 17.1. The molecule has 0 aliphatic carbocycles. The second-order valence-electron chi connectivity index (χ2n) is 5.34. The molecule has 2 aromatic rings. The van der Waals surface area contributed by atoms with Gasteiger partial charge in [0.25, 0.3) is 0 Å². The van der Waals surface area contributed by atoms with Crippen molar-refractivity contribution in [2.75, 3.05) is 6.61 Å². The number of benzene rings is 1. The minimum absolute atomic E-state index is 0.224. The van der Waals surface area contributed by atoms with E-state index in [-0.39, 0.29) is 18.4 Å². The molecule has 0 radical (unpaired) electrons. The Morgan fingerprint density at radius 2 is 2.00 bits per heavy atom. The molecule has 24 heavy (non-hydrogen) atoms. The lowest BCUT2D eigenvalue weighted by molar-refractivity contribution is -0.135. The summed E-state index contributed by atoms with van der Waals surface area (Å²) in [5, 5.41) is 0.423. The zero-order valence-electron chi connectivity index (χ0n) is 12.5. The first-order valence-corrected chi connectivity index (χ1v) is 8.35. The summed E-state index contributed by atoms with van der Waals surface area (Å²) >= 11 is 9.01. The lowest BCUT2D eigenvalue weighted by Gasteiger charge is -2.25. The molecule has 0 spiro atoms. The first-order valence-electron chi connectivity index (χ1n) is 7.18. The third-order valence-electron chi connectivity index (χ3n) is 3.57. The van der Waals surface area contributed by atoms with E-state index in [4.69, 9.17) is 16.3 Å². The van der Waals surface area contributed by atoms with Gasteiger partial charge in [0, 0.05) is 25.4 Å². The SMILES string of the molecule is O=C1C=C(N(Cc2ccc(Cl)nc2)Cc2ccc(F)c(Br)c2)CO1. The summed E-state index contributed by atoms with van der Waals surface area (Å²) in [6, 6.07) is 8.44. The third kappa shape index (κ3) is 4.13. The highest BCUT2D eigenvalue weighted by Gasteiger charge is 2.20. The van der Waals surface area contributed by atoms with Crippen LogP contribution in [0.25, 0.3) is 0 Å². The number of carbonyl (C=O) groups is 1. The second-order valence-corrected chi connectivity index (χ2v) is 6.58. The van der Waals surface area contributed by atoms with E-state index in [0.717, 1.165) is 16.8 Å². The van der Waals surface area contributed by atoms with Crippen LogP contribution in [0, 0.1) is 5.82 Å². The number of hydrogen-bond acceptors (Lipinski definition) is 4. The van der Waals surface area contributed by atoms with Gasteiger partial charge in [0.05, 0.1) is 10.2 Å². The fourth-order valence-electron chi connectivity index (χ4n) is 2.38. The summed E-state index contributed by atoms with van der Waals surface area (Å²) in [4.78, 5) is 17.5. The molecule has 1 aromatic carbocycles. The largest absolute Gasteiger partial charge is 0.456 e. The van der Waals surface area contributed by atoms with Gasteiger partial charge in [0.2, 0.25) is 0 Å². The van der Waals surface area contributed by atoms with Crippen LogP contribution in [-0.2, 0) is 22.6 Å². The predicted octanol–water partition coefficient (Wildman–Crippen LogP) is 4.08. The van der Waals surface area contributed by atoms with Crippen molar-refractivity contribution in [3.63, 3.8) is 0 Å². The average molecular weight is 412 g/mol. The molecule has 0 bridgehead atoms. The Bertz CT molecular complexity index is 796. The van der Waals surface area contributed by atoms with Crippen LogP contribution in [0.3, 0.4) is 0 Å². The average Bonchev–Trinajstić information content (AvgIpc) is 2.99. The van der Waals surface area contributed by atoms with Gasteiger partial charge in [0.1, 0.15) is 17.6 Å². The number of nitrogens with zero attached hydrogens (tertiary/aromatic N) is 2. The molecular weight excluding hydrogens is 399 g/mol. The molecule has 0 unspecified atom stereocenters. The molecule has 2 heterocycles. The predicted molar refractivity (Wildman–Crippen MR) is 91.6 cm³/mol. The van der Waals surface area contributed by atoms with Gasteiger partial charge in [-0.2, -0.15) is 0 Å². The number of esters is 1. The van der Waals surface area contributed by atoms with E-state index in [2.05, 4.69) is 20.9 Å². The number of ether oxygens (including phenoxy) is 1. The fourth-order valence-corrected chi connectivity index (χ4v) is 2.92. The van der Waals surface area contributed by atoms with E-state index in [1.165, 1.54) is 12.1 Å². The lowest BCUT2D eigenvalue weighted by Crippen LogP contribution is -2.23. The molecular formula is C17H13BrClFN2O2. The quantitative estimate of drug-likeness (QED) is 0.549. The summed E-state index contributed by atoms with van der Waals surface area (Å²) < 4.78 is 18.8. The van der Waals surface area contributed by atoms with Gasteiger partial charge in [-0.15, -0.1) is 0 Å². The smallest absolute Gasteiger partial charge is 0.333 e. The van der Waals surface area contributed by atoms with Crippen molar-refractivity contribution in [1.82, 2.24) is 9.88 Å². The maximum absolute atomic E-state index is 13.4. The van der Waals surface area contributed by atoms with Crippen LogP contribution in [0.2, 0.25) is 5.15 Å². The topological polar surface area (TPSA) is 42.4 Å². The molecule has 0 N–H and O–H groups in total. The molecule has 1 aliphatic rings. The minimum atomic E-state index is -0.357. The van der Waals surface area contributed by atoms with Crippen molar-refractivity contribution >= 4 is 33.5 Å². The van der Waals surface area contributed by atoms with Crippen LogP contribution < -0.4 is 0 Å². The monoisotopic (exact) mass is 410 g/mol. The summed E-state index contributed by atoms with van der Waals surface area (Å²) in [5.41, 5.74) is 2.63. The molecule has 0 saturated carbocycles. The summed E-state index contributed by atoms with van der Waals surface area (Å²) in [5.74, 6) is -0.671. The number of aromatic nitrogens is 1. The van der Waals surface area contributed by atoms with Crippen LogP contribution in [-0.4, -0.2) is 22.5 Å². The molecule has 3 rings (SSSR count). The Morgan fingerprint density at radius 1 is 1.25 bits per heavy atom. The third-order valence-corrected chi connectivity index (χ3v) is 4.40. The molecule has 0 amide bonds. The van der Waals surface area contributed by atoms with E-state index in [1.807, 2.05) is 11.0 Å². The molecule has 7 heteroatoms. The molecule has 0 fully saturated rings. The maximum Gasteiger partial charge on any atom is 0.333 e. The summed E-state index contributed by atoms with van der Waals surface area (Å²) in [7, 11) is 0. The molecule has 1 aliphatic heterocycles. The van der Waals surface area contributed by atoms with Gasteiger partial charge < -0.3 is 9.64 Å². The minimum Gasteiger partial charge on any atom is -0.456 e. The van der Waals surface area contributed by atoms with E-state index >= 15 is 0 Å². The van der Waals surface area contributed by atoms with Gasteiger partial charge in [-0.05, 0) is 45.3 Å². The van der Waals surface area contributed by atoms with Crippen molar-refractivity contribution in [3.8, 4) is 0 Å². The van der Waals surface area contributed by atoms with E-state index in [9.17, 15) is 9.18 Å². The number of pyridine rings is 1. The number of halogens is 3. The number of hydrogen-bond donors (Lipinski definition) is 0. The van der Waals surface area contributed by atoms with E-state index < -0.39 is 0 Å². The van der Waals surface area contributed by atoms with Gasteiger partial charge in [-0.1, -0.05) is 23.7 Å². The van der Waals surface area contributed by atoms with Crippen molar-refractivity contribution in [2.45, 2.75) is 13.1 Å². The second kappa shape index (κ2) is 7.32. The Balaban J connectivity index is 1.84. The highest BCUT2D eigenvalue weighted by molar-refractivity contribution is 9.10. The Morgan fingerprint density at radius 3 is 2.62 bits per heavy atom. The molecule has 0 saturated heterocycles. The van der Waals surface area contributed by atoms with Crippen LogP contribution in [0.1, 0.15) is 11.1 Å². The van der Waals surface area contributed by atoms with Crippen molar-refractivity contribution < 1.29 is 13.9 Å².